The Morgan fingerprint density at radius 1 is 1.10 bits per heavy atom. The zero-order chi connectivity index (χ0) is 14.9. The average Bonchev–Trinajstić information content (AvgIpc) is 2.72. The van der Waals surface area contributed by atoms with Gasteiger partial charge < -0.3 is 14.8 Å². The van der Waals surface area contributed by atoms with Gasteiger partial charge in [-0.25, -0.2) is 0 Å². The predicted molar refractivity (Wildman–Crippen MR) is 84.1 cm³/mol. The van der Waals surface area contributed by atoms with Crippen LogP contribution in [0.1, 0.15) is 51.9 Å². The maximum absolute atomic E-state index is 11.9. The average molecular weight is 291 g/mol. The topological polar surface area (TPSA) is 47.6 Å². The van der Waals surface area contributed by atoms with Crippen LogP contribution in [0.25, 0.3) is 0 Å². The molecule has 0 unspecified atom stereocenters. The van der Waals surface area contributed by atoms with E-state index in [4.69, 9.17) is 9.47 Å². The Morgan fingerprint density at radius 3 is 2.67 bits per heavy atom. The molecule has 1 N–H and O–H groups in total. The molecule has 0 atom stereocenters. The minimum absolute atomic E-state index is 0.0704. The summed E-state index contributed by atoms with van der Waals surface area (Å²) in [5, 5.41) is 2.93. The van der Waals surface area contributed by atoms with Gasteiger partial charge in [0.25, 0.3) is 0 Å². The van der Waals surface area contributed by atoms with E-state index in [9.17, 15) is 4.79 Å². The monoisotopic (exact) mass is 291 g/mol. The van der Waals surface area contributed by atoms with Crippen molar-refractivity contribution >= 4 is 11.6 Å². The molecule has 0 saturated carbocycles. The Kier molecular flexibility index (Phi) is 6.38. The molecule has 21 heavy (non-hydrogen) atoms. The van der Waals surface area contributed by atoms with Crippen molar-refractivity contribution < 1.29 is 14.3 Å². The maximum atomic E-state index is 11.9. The van der Waals surface area contributed by atoms with Crippen molar-refractivity contribution in [1.82, 2.24) is 0 Å². The van der Waals surface area contributed by atoms with E-state index in [0.717, 1.165) is 30.7 Å². The van der Waals surface area contributed by atoms with Crippen molar-refractivity contribution in [1.29, 1.82) is 0 Å². The van der Waals surface area contributed by atoms with Crippen LogP contribution >= 0.6 is 0 Å². The molecule has 0 bridgehead atoms. The summed E-state index contributed by atoms with van der Waals surface area (Å²) in [5.74, 6) is 1.54. The second-order valence-corrected chi connectivity index (χ2v) is 5.42. The molecule has 0 aliphatic carbocycles. The Labute approximate surface area is 126 Å². The van der Waals surface area contributed by atoms with Gasteiger partial charge in [-0.3, -0.25) is 4.79 Å². The van der Waals surface area contributed by atoms with E-state index in [-0.39, 0.29) is 5.91 Å². The number of benzene rings is 1. The highest BCUT2D eigenvalue weighted by atomic mass is 16.5. The zero-order valence-corrected chi connectivity index (χ0v) is 12.8. The molecule has 1 aliphatic rings. The van der Waals surface area contributed by atoms with Crippen LogP contribution in [0.3, 0.4) is 0 Å². The number of carbonyl (C=O) groups excluding carboxylic acids is 1. The second kappa shape index (κ2) is 8.55. The van der Waals surface area contributed by atoms with Gasteiger partial charge in [-0.15, -0.1) is 0 Å². The Bertz CT molecular complexity index is 459. The lowest BCUT2D eigenvalue weighted by Gasteiger charge is -2.10. The molecule has 4 heteroatoms. The quantitative estimate of drug-likeness (QED) is 0.768. The van der Waals surface area contributed by atoms with Crippen molar-refractivity contribution in [2.24, 2.45) is 0 Å². The van der Waals surface area contributed by atoms with E-state index in [1.165, 1.54) is 19.3 Å². The summed E-state index contributed by atoms with van der Waals surface area (Å²) in [4.78, 5) is 11.9. The van der Waals surface area contributed by atoms with E-state index in [1.54, 1.807) is 0 Å². The van der Waals surface area contributed by atoms with Crippen LogP contribution < -0.4 is 14.8 Å². The summed E-state index contributed by atoms with van der Waals surface area (Å²) in [6.07, 6.45) is 7.24. The molecule has 116 valence electrons. The van der Waals surface area contributed by atoms with Gasteiger partial charge in [0.2, 0.25) is 5.91 Å². The van der Waals surface area contributed by atoms with Crippen molar-refractivity contribution in [2.75, 3.05) is 18.5 Å². The Morgan fingerprint density at radius 2 is 1.86 bits per heavy atom. The van der Waals surface area contributed by atoms with Crippen molar-refractivity contribution in [3.8, 4) is 11.5 Å². The number of hydrogen-bond acceptors (Lipinski definition) is 3. The lowest BCUT2D eigenvalue weighted by molar-refractivity contribution is -0.116. The third kappa shape index (κ3) is 5.29. The van der Waals surface area contributed by atoms with Crippen molar-refractivity contribution in [3.63, 3.8) is 0 Å². The lowest BCUT2D eigenvalue weighted by atomic mass is 10.1. The minimum atomic E-state index is 0.0704. The summed E-state index contributed by atoms with van der Waals surface area (Å²) in [5.41, 5.74) is 0.776. The Hall–Kier alpha value is -1.71. The standard InChI is InChI=1S/C17H25NO3/c1-2-3-4-5-6-8-17(19)18-14-9-10-15-16(13-14)21-12-7-11-20-15/h9-10,13H,2-8,11-12H2,1H3,(H,18,19). The summed E-state index contributed by atoms with van der Waals surface area (Å²) in [6, 6.07) is 5.57. The molecule has 0 fully saturated rings. The molecule has 0 spiro atoms. The number of nitrogens with one attached hydrogen (secondary N) is 1. The molecule has 0 radical (unpaired) electrons. The first-order chi connectivity index (χ1) is 10.3. The fraction of sp³-hybridized carbons (Fsp3) is 0.588. The highest BCUT2D eigenvalue weighted by molar-refractivity contribution is 5.91. The molecule has 2 rings (SSSR count). The first-order valence-electron chi connectivity index (χ1n) is 7.99. The van der Waals surface area contributed by atoms with Crippen molar-refractivity contribution in [2.45, 2.75) is 51.9 Å². The van der Waals surface area contributed by atoms with Crippen LogP contribution in [-0.2, 0) is 4.79 Å². The molecule has 1 amide bonds. The minimum Gasteiger partial charge on any atom is -0.490 e. The van der Waals surface area contributed by atoms with Crippen LogP contribution in [0.2, 0.25) is 0 Å². The second-order valence-electron chi connectivity index (χ2n) is 5.42. The summed E-state index contributed by atoms with van der Waals surface area (Å²) >= 11 is 0. The third-order valence-electron chi connectivity index (χ3n) is 3.54. The molecular weight excluding hydrogens is 266 g/mol. The number of fused-ring (bicyclic) bond motifs is 1. The van der Waals surface area contributed by atoms with E-state index < -0.39 is 0 Å². The summed E-state index contributed by atoms with van der Waals surface area (Å²) in [6.45, 7) is 3.52. The van der Waals surface area contributed by atoms with Crippen LogP contribution in [0.4, 0.5) is 5.69 Å². The molecule has 0 saturated heterocycles. The van der Waals surface area contributed by atoms with Gasteiger partial charge in [-0.2, -0.15) is 0 Å². The lowest BCUT2D eigenvalue weighted by Crippen LogP contribution is -2.11. The maximum Gasteiger partial charge on any atom is 0.224 e. The van der Waals surface area contributed by atoms with E-state index in [2.05, 4.69) is 12.2 Å². The van der Waals surface area contributed by atoms with Gasteiger partial charge >= 0.3 is 0 Å². The number of amides is 1. The summed E-state index contributed by atoms with van der Waals surface area (Å²) in [7, 11) is 0. The van der Waals surface area contributed by atoms with Crippen LogP contribution in [0, 0.1) is 0 Å². The molecular formula is C17H25NO3. The number of carbonyl (C=O) groups is 1. The third-order valence-corrected chi connectivity index (χ3v) is 3.54. The largest absolute Gasteiger partial charge is 0.490 e. The number of anilines is 1. The smallest absolute Gasteiger partial charge is 0.224 e. The van der Waals surface area contributed by atoms with Crippen LogP contribution in [-0.4, -0.2) is 19.1 Å². The first-order valence-corrected chi connectivity index (χ1v) is 7.99. The first kappa shape index (κ1) is 15.7. The zero-order valence-electron chi connectivity index (χ0n) is 12.8. The summed E-state index contributed by atoms with van der Waals surface area (Å²) < 4.78 is 11.2. The molecule has 1 aromatic carbocycles. The number of hydrogen-bond donors (Lipinski definition) is 1. The SMILES string of the molecule is CCCCCCCC(=O)Nc1ccc2c(c1)OCCCO2. The molecule has 1 aromatic rings. The molecule has 1 heterocycles. The fourth-order valence-corrected chi connectivity index (χ4v) is 2.35. The van der Waals surface area contributed by atoms with Gasteiger partial charge in [0.15, 0.2) is 11.5 Å². The number of unbranched alkanes of at least 4 members (excludes halogenated alkanes) is 4. The normalized spacial score (nSPS) is 13.6. The van der Waals surface area contributed by atoms with Crippen LogP contribution in [0.15, 0.2) is 18.2 Å². The van der Waals surface area contributed by atoms with E-state index in [0.29, 0.717) is 25.4 Å². The fourth-order valence-electron chi connectivity index (χ4n) is 2.35. The van der Waals surface area contributed by atoms with Gasteiger partial charge in [-0.1, -0.05) is 32.6 Å². The van der Waals surface area contributed by atoms with Crippen molar-refractivity contribution in [3.05, 3.63) is 18.2 Å². The Balaban J connectivity index is 1.79. The molecule has 0 aromatic heterocycles. The number of ether oxygens (including phenoxy) is 2. The predicted octanol–water partition coefficient (Wildman–Crippen LogP) is 4.15. The van der Waals surface area contributed by atoms with Gasteiger partial charge in [0.1, 0.15) is 0 Å². The highest BCUT2D eigenvalue weighted by Gasteiger charge is 2.11. The molecule has 4 nitrogen and oxygen atoms in total. The van der Waals surface area contributed by atoms with E-state index in [1.807, 2.05) is 18.2 Å². The van der Waals surface area contributed by atoms with E-state index >= 15 is 0 Å². The molecule has 1 aliphatic heterocycles. The van der Waals surface area contributed by atoms with Gasteiger partial charge in [-0.05, 0) is 18.6 Å². The van der Waals surface area contributed by atoms with Gasteiger partial charge in [0, 0.05) is 24.6 Å². The highest BCUT2D eigenvalue weighted by Crippen LogP contribution is 2.32. The van der Waals surface area contributed by atoms with Gasteiger partial charge in [0.05, 0.1) is 13.2 Å². The van der Waals surface area contributed by atoms with Crippen LogP contribution in [0.5, 0.6) is 11.5 Å². The number of rotatable bonds is 7.